The topological polar surface area (TPSA) is 75.9 Å². The molecule has 2 fully saturated rings. The Morgan fingerprint density at radius 3 is 2.41 bits per heavy atom. The van der Waals surface area contributed by atoms with Gasteiger partial charge in [0.2, 0.25) is 0 Å². The van der Waals surface area contributed by atoms with Gasteiger partial charge in [-0.3, -0.25) is 0 Å². The highest BCUT2D eigenvalue weighted by Gasteiger charge is 2.41. The maximum Gasteiger partial charge on any atom is 0.282 e. The van der Waals surface area contributed by atoms with Crippen molar-refractivity contribution in [2.75, 3.05) is 45.9 Å². The van der Waals surface area contributed by atoms with Crippen molar-refractivity contribution in [2.24, 2.45) is 11.7 Å². The molecule has 6 nitrogen and oxygen atoms in total. The second-order valence-corrected chi connectivity index (χ2v) is 7.78. The maximum absolute atomic E-state index is 12.8. The maximum atomic E-state index is 12.8. The summed E-state index contributed by atoms with van der Waals surface area (Å²) in [4.78, 5) is 0. The van der Waals surface area contributed by atoms with Crippen LogP contribution in [0.2, 0.25) is 0 Å². The van der Waals surface area contributed by atoms with Gasteiger partial charge in [0.05, 0.1) is 13.2 Å². The first kappa shape index (κ1) is 15.9. The van der Waals surface area contributed by atoms with Crippen molar-refractivity contribution >= 4 is 10.2 Å². The largest absolute Gasteiger partial charge is 0.379 e. The number of nitrogens with two attached hydrogens (primary N) is 1. The molecule has 0 aliphatic carbocycles. The molecule has 2 heterocycles. The average Bonchev–Trinajstić information content (AvgIpc) is 3.01. The summed E-state index contributed by atoms with van der Waals surface area (Å²) in [5, 5.41) is 0. The number of benzene rings is 1. The zero-order valence-electron chi connectivity index (χ0n) is 12.6. The molecule has 3 rings (SSSR count). The Morgan fingerprint density at radius 2 is 1.77 bits per heavy atom. The SMILES string of the molecule is NC[C@@H]1CN(S(=O)(=O)N2CCOCC2)C[C@H]1c1ccccc1. The fourth-order valence-corrected chi connectivity index (χ4v) is 4.94. The number of morpholine rings is 1. The summed E-state index contributed by atoms with van der Waals surface area (Å²) < 4.78 is 33.9. The molecule has 2 saturated heterocycles. The second kappa shape index (κ2) is 6.64. The minimum absolute atomic E-state index is 0.165. The van der Waals surface area contributed by atoms with E-state index in [9.17, 15) is 8.42 Å². The van der Waals surface area contributed by atoms with E-state index in [-0.39, 0.29) is 11.8 Å². The van der Waals surface area contributed by atoms with Crippen molar-refractivity contribution < 1.29 is 13.2 Å². The Balaban J connectivity index is 1.79. The first-order valence-electron chi connectivity index (χ1n) is 7.71. The van der Waals surface area contributed by atoms with Gasteiger partial charge in [0.1, 0.15) is 0 Å². The summed E-state index contributed by atoms with van der Waals surface area (Å²) in [5.41, 5.74) is 7.05. The molecule has 1 aromatic rings. The van der Waals surface area contributed by atoms with E-state index >= 15 is 0 Å². The summed E-state index contributed by atoms with van der Waals surface area (Å²) in [7, 11) is -3.41. The van der Waals surface area contributed by atoms with Crippen molar-refractivity contribution in [3.05, 3.63) is 35.9 Å². The van der Waals surface area contributed by atoms with E-state index in [1.807, 2.05) is 18.2 Å². The normalized spacial score (nSPS) is 28.0. The molecule has 0 aromatic heterocycles. The molecule has 0 spiro atoms. The van der Waals surface area contributed by atoms with Crippen LogP contribution in [-0.2, 0) is 14.9 Å². The molecule has 2 N–H and O–H groups in total. The van der Waals surface area contributed by atoms with Crippen LogP contribution < -0.4 is 5.73 Å². The van der Waals surface area contributed by atoms with E-state index in [0.717, 1.165) is 5.56 Å². The highest BCUT2D eigenvalue weighted by Crippen LogP contribution is 2.34. The lowest BCUT2D eigenvalue weighted by atomic mass is 9.89. The van der Waals surface area contributed by atoms with E-state index < -0.39 is 10.2 Å². The summed E-state index contributed by atoms with van der Waals surface area (Å²) in [6.45, 7) is 3.30. The van der Waals surface area contributed by atoms with Gasteiger partial charge in [0, 0.05) is 32.1 Å². The van der Waals surface area contributed by atoms with E-state index in [1.54, 1.807) is 4.31 Å². The van der Waals surface area contributed by atoms with Crippen LogP contribution in [0, 0.1) is 5.92 Å². The number of nitrogens with zero attached hydrogens (tertiary/aromatic N) is 2. The van der Waals surface area contributed by atoms with E-state index in [1.165, 1.54) is 4.31 Å². The third-order valence-electron chi connectivity index (χ3n) is 4.56. The van der Waals surface area contributed by atoms with Gasteiger partial charge >= 0.3 is 0 Å². The van der Waals surface area contributed by atoms with Gasteiger partial charge in [-0.05, 0) is 18.0 Å². The molecule has 2 aliphatic heterocycles. The quantitative estimate of drug-likeness (QED) is 0.860. The zero-order chi connectivity index (χ0) is 15.6. The van der Waals surface area contributed by atoms with Crippen LogP contribution in [0.1, 0.15) is 11.5 Å². The van der Waals surface area contributed by atoms with Crippen molar-refractivity contribution in [3.8, 4) is 0 Å². The first-order chi connectivity index (χ1) is 10.6. The molecule has 0 radical (unpaired) electrons. The van der Waals surface area contributed by atoms with Crippen LogP contribution in [0.4, 0.5) is 0 Å². The van der Waals surface area contributed by atoms with Gasteiger partial charge in [-0.25, -0.2) is 0 Å². The van der Waals surface area contributed by atoms with Gasteiger partial charge in [-0.15, -0.1) is 0 Å². The third kappa shape index (κ3) is 3.04. The lowest BCUT2D eigenvalue weighted by Crippen LogP contribution is -2.48. The highest BCUT2D eigenvalue weighted by molar-refractivity contribution is 7.86. The predicted molar refractivity (Wildman–Crippen MR) is 84.6 cm³/mol. The standard InChI is InChI=1S/C15H23N3O3S/c16-10-14-11-18(12-15(14)13-4-2-1-3-5-13)22(19,20)17-6-8-21-9-7-17/h1-5,14-15H,6-12,16H2/t14-,15+/m1/s1. The lowest BCUT2D eigenvalue weighted by Gasteiger charge is -2.30. The fraction of sp³-hybridized carbons (Fsp3) is 0.600. The minimum Gasteiger partial charge on any atom is -0.379 e. The van der Waals surface area contributed by atoms with Gasteiger partial charge in [0.25, 0.3) is 10.2 Å². The van der Waals surface area contributed by atoms with Crippen LogP contribution in [0.5, 0.6) is 0 Å². The average molecular weight is 325 g/mol. The summed E-state index contributed by atoms with van der Waals surface area (Å²) in [6, 6.07) is 10.1. The van der Waals surface area contributed by atoms with E-state index in [2.05, 4.69) is 12.1 Å². The summed E-state index contributed by atoms with van der Waals surface area (Å²) in [6.07, 6.45) is 0. The smallest absolute Gasteiger partial charge is 0.282 e. The van der Waals surface area contributed by atoms with Crippen molar-refractivity contribution in [1.29, 1.82) is 0 Å². The molecule has 7 heteroatoms. The van der Waals surface area contributed by atoms with Crippen LogP contribution in [-0.4, -0.2) is 63.0 Å². The summed E-state index contributed by atoms with van der Waals surface area (Å²) >= 11 is 0. The van der Waals surface area contributed by atoms with Gasteiger partial charge in [-0.1, -0.05) is 30.3 Å². The molecule has 0 unspecified atom stereocenters. The lowest BCUT2D eigenvalue weighted by molar-refractivity contribution is 0.0705. The van der Waals surface area contributed by atoms with E-state index in [0.29, 0.717) is 45.9 Å². The van der Waals surface area contributed by atoms with E-state index in [4.69, 9.17) is 10.5 Å². The highest BCUT2D eigenvalue weighted by atomic mass is 32.2. The minimum atomic E-state index is -3.41. The Hall–Kier alpha value is -0.990. The third-order valence-corrected chi connectivity index (χ3v) is 6.53. The molecule has 122 valence electrons. The second-order valence-electron chi connectivity index (χ2n) is 5.85. The summed E-state index contributed by atoms with van der Waals surface area (Å²) in [5.74, 6) is 0.334. The molecule has 2 aliphatic rings. The van der Waals surface area contributed by atoms with Gasteiger partial charge in [-0.2, -0.15) is 17.0 Å². The Labute approximate surface area is 132 Å². The van der Waals surface area contributed by atoms with Crippen molar-refractivity contribution in [1.82, 2.24) is 8.61 Å². The Kier molecular flexibility index (Phi) is 4.79. The molecular weight excluding hydrogens is 302 g/mol. The molecule has 0 amide bonds. The fourth-order valence-electron chi connectivity index (χ4n) is 3.28. The van der Waals surface area contributed by atoms with Gasteiger partial charge < -0.3 is 10.5 Å². The van der Waals surface area contributed by atoms with Crippen molar-refractivity contribution in [3.63, 3.8) is 0 Å². The zero-order valence-corrected chi connectivity index (χ0v) is 13.4. The number of rotatable bonds is 4. The van der Waals surface area contributed by atoms with Crippen LogP contribution >= 0.6 is 0 Å². The molecule has 22 heavy (non-hydrogen) atoms. The van der Waals surface area contributed by atoms with Crippen LogP contribution in [0.15, 0.2) is 30.3 Å². The monoisotopic (exact) mass is 325 g/mol. The van der Waals surface area contributed by atoms with Crippen molar-refractivity contribution in [2.45, 2.75) is 5.92 Å². The first-order valence-corrected chi connectivity index (χ1v) is 9.10. The van der Waals surface area contributed by atoms with Crippen LogP contribution in [0.25, 0.3) is 0 Å². The molecular formula is C15H23N3O3S. The molecule has 0 saturated carbocycles. The predicted octanol–water partition coefficient (Wildman–Crippen LogP) is 0.238. The van der Waals surface area contributed by atoms with Gasteiger partial charge in [0.15, 0.2) is 0 Å². The molecule has 1 aromatic carbocycles. The Morgan fingerprint density at radius 1 is 1.09 bits per heavy atom. The Bertz CT molecular complexity index is 587. The number of ether oxygens (including phenoxy) is 1. The van der Waals surface area contributed by atoms with Crippen LogP contribution in [0.3, 0.4) is 0 Å². The molecule has 2 atom stereocenters. The number of hydrogen-bond acceptors (Lipinski definition) is 4. The number of hydrogen-bond donors (Lipinski definition) is 1. The molecule has 0 bridgehead atoms.